The summed E-state index contributed by atoms with van der Waals surface area (Å²) >= 11 is 1.17. The molecular formula is C26H22N4O4S. The molecule has 1 heterocycles. The van der Waals surface area contributed by atoms with E-state index in [1.807, 2.05) is 0 Å². The van der Waals surface area contributed by atoms with E-state index in [1.54, 1.807) is 79.7 Å². The molecule has 3 N–H and O–H groups in total. The van der Waals surface area contributed by atoms with E-state index >= 15 is 0 Å². The quantitative estimate of drug-likeness (QED) is 0.236. The molecule has 0 spiro atoms. The Kier molecular flexibility index (Phi) is 7.37. The first-order valence-corrected chi connectivity index (χ1v) is 11.8. The van der Waals surface area contributed by atoms with Crippen molar-refractivity contribution in [3.05, 3.63) is 78.4 Å². The third kappa shape index (κ3) is 6.01. The van der Waals surface area contributed by atoms with Crippen molar-refractivity contribution >= 4 is 29.1 Å². The van der Waals surface area contributed by atoms with Crippen LogP contribution in [0.4, 0.5) is 5.69 Å². The molecule has 0 atom stereocenters. The predicted molar refractivity (Wildman–Crippen MR) is 134 cm³/mol. The van der Waals surface area contributed by atoms with Gasteiger partial charge in [0.05, 0.1) is 5.75 Å². The molecule has 9 heteroatoms. The zero-order valence-corrected chi connectivity index (χ0v) is 19.6. The summed E-state index contributed by atoms with van der Waals surface area (Å²) in [6, 6.07) is 19.8. The van der Waals surface area contributed by atoms with Gasteiger partial charge in [-0.1, -0.05) is 18.7 Å². The molecule has 8 nitrogen and oxygen atoms in total. The van der Waals surface area contributed by atoms with Crippen molar-refractivity contribution in [3.63, 3.8) is 0 Å². The van der Waals surface area contributed by atoms with Crippen LogP contribution in [0.15, 0.2) is 78.0 Å². The summed E-state index contributed by atoms with van der Waals surface area (Å²) in [5.41, 5.74) is 3.64. The number of phenols is 2. The highest BCUT2D eigenvalue weighted by Crippen LogP contribution is 2.31. The Bertz CT molecular complexity index is 1340. The largest absolute Gasteiger partial charge is 0.508 e. The van der Waals surface area contributed by atoms with Crippen molar-refractivity contribution < 1.29 is 19.8 Å². The Morgan fingerprint density at radius 3 is 1.94 bits per heavy atom. The Labute approximate surface area is 206 Å². The van der Waals surface area contributed by atoms with Gasteiger partial charge in [-0.25, -0.2) is 4.98 Å². The van der Waals surface area contributed by atoms with Gasteiger partial charge in [0.25, 0.3) is 0 Å². The van der Waals surface area contributed by atoms with Gasteiger partial charge in [0.2, 0.25) is 11.1 Å². The molecule has 0 bridgehead atoms. The third-order valence-electron chi connectivity index (χ3n) is 5.09. The topological polar surface area (TPSA) is 125 Å². The highest BCUT2D eigenvalue weighted by Gasteiger charge is 2.16. The number of carbonyl (C=O) groups excluding carboxylic acids is 2. The lowest BCUT2D eigenvalue weighted by atomic mass is 10.0. The van der Waals surface area contributed by atoms with E-state index < -0.39 is 0 Å². The minimum Gasteiger partial charge on any atom is -0.508 e. The van der Waals surface area contributed by atoms with Gasteiger partial charge >= 0.3 is 0 Å². The average Bonchev–Trinajstić information content (AvgIpc) is 2.88. The van der Waals surface area contributed by atoms with Crippen LogP contribution >= 0.6 is 11.8 Å². The molecule has 0 saturated carbocycles. The fraction of sp³-hybridized carbons (Fsp3) is 0.115. The lowest BCUT2D eigenvalue weighted by Gasteiger charge is -2.10. The van der Waals surface area contributed by atoms with Crippen LogP contribution in [0.3, 0.4) is 0 Å². The number of benzene rings is 3. The number of ketones is 1. The summed E-state index contributed by atoms with van der Waals surface area (Å²) in [6.07, 6.45) is 0.378. The van der Waals surface area contributed by atoms with Crippen LogP contribution in [0, 0.1) is 0 Å². The van der Waals surface area contributed by atoms with Crippen LogP contribution in [-0.2, 0) is 4.79 Å². The average molecular weight is 487 g/mol. The minimum atomic E-state index is -0.110. The van der Waals surface area contributed by atoms with E-state index in [1.165, 1.54) is 11.8 Å². The summed E-state index contributed by atoms with van der Waals surface area (Å²) in [5.74, 6) is 0.163. The number of rotatable bonds is 8. The molecule has 0 unspecified atom stereocenters. The minimum absolute atomic E-state index is 0.0931. The molecule has 0 aliphatic carbocycles. The summed E-state index contributed by atoms with van der Waals surface area (Å²) in [4.78, 5) is 28.8. The first-order chi connectivity index (χ1) is 16.9. The Hall–Kier alpha value is -4.24. The SMILES string of the molecule is CCC(=O)Nc1ccc(C(=O)CSc2nnc(-c3ccc(O)cc3)c(-c3ccc(O)cc3)n2)cc1. The Morgan fingerprint density at radius 1 is 0.800 bits per heavy atom. The van der Waals surface area contributed by atoms with Crippen LogP contribution in [0.2, 0.25) is 0 Å². The highest BCUT2D eigenvalue weighted by molar-refractivity contribution is 7.99. The van der Waals surface area contributed by atoms with E-state index in [2.05, 4.69) is 20.5 Å². The molecule has 0 saturated heterocycles. The number of phenolic OH excluding ortho intramolecular Hbond substituents is 2. The summed E-state index contributed by atoms with van der Waals surface area (Å²) in [7, 11) is 0. The third-order valence-corrected chi connectivity index (χ3v) is 5.93. The van der Waals surface area contributed by atoms with E-state index in [9.17, 15) is 19.8 Å². The number of hydrogen-bond donors (Lipinski definition) is 3. The van der Waals surface area contributed by atoms with Crippen molar-refractivity contribution in [3.8, 4) is 34.0 Å². The number of nitrogens with zero attached hydrogens (tertiary/aromatic N) is 3. The van der Waals surface area contributed by atoms with Gasteiger partial charge in [-0.3, -0.25) is 9.59 Å². The number of thioether (sulfide) groups is 1. The van der Waals surface area contributed by atoms with Gasteiger partial charge in [-0.15, -0.1) is 10.2 Å². The molecule has 4 rings (SSSR count). The lowest BCUT2D eigenvalue weighted by molar-refractivity contribution is -0.115. The molecule has 4 aromatic rings. The molecule has 1 aromatic heterocycles. The van der Waals surface area contributed by atoms with Crippen LogP contribution in [-0.4, -0.2) is 42.8 Å². The van der Waals surface area contributed by atoms with Crippen molar-refractivity contribution in [1.82, 2.24) is 15.2 Å². The monoisotopic (exact) mass is 486 g/mol. The van der Waals surface area contributed by atoms with Crippen molar-refractivity contribution in [2.24, 2.45) is 0 Å². The number of aromatic nitrogens is 3. The number of carbonyl (C=O) groups is 2. The fourth-order valence-corrected chi connectivity index (χ4v) is 3.89. The fourth-order valence-electron chi connectivity index (χ4n) is 3.21. The van der Waals surface area contributed by atoms with Gasteiger partial charge in [-0.2, -0.15) is 0 Å². The second kappa shape index (κ2) is 10.8. The van der Waals surface area contributed by atoms with Gasteiger partial charge in [0, 0.05) is 28.8 Å². The number of aromatic hydroxyl groups is 2. The van der Waals surface area contributed by atoms with Crippen LogP contribution in [0.25, 0.3) is 22.5 Å². The zero-order valence-electron chi connectivity index (χ0n) is 18.8. The summed E-state index contributed by atoms with van der Waals surface area (Å²) in [5, 5.41) is 30.9. The lowest BCUT2D eigenvalue weighted by Crippen LogP contribution is -2.10. The number of Topliss-reactive ketones (excluding diaryl/α,β-unsaturated/α-hetero) is 1. The van der Waals surface area contributed by atoms with Crippen molar-refractivity contribution in [2.45, 2.75) is 18.5 Å². The smallest absolute Gasteiger partial charge is 0.224 e. The normalized spacial score (nSPS) is 10.7. The summed E-state index contributed by atoms with van der Waals surface area (Å²) in [6.45, 7) is 1.77. The van der Waals surface area contributed by atoms with E-state index in [-0.39, 0.29) is 28.9 Å². The predicted octanol–water partition coefficient (Wildman–Crippen LogP) is 4.94. The summed E-state index contributed by atoms with van der Waals surface area (Å²) < 4.78 is 0. The van der Waals surface area contributed by atoms with Gasteiger partial charge < -0.3 is 15.5 Å². The molecule has 0 aliphatic rings. The molecule has 1 amide bonds. The molecule has 176 valence electrons. The van der Waals surface area contributed by atoms with Gasteiger partial charge in [-0.05, 0) is 72.8 Å². The van der Waals surface area contributed by atoms with Crippen LogP contribution < -0.4 is 5.32 Å². The first-order valence-electron chi connectivity index (χ1n) is 10.8. The van der Waals surface area contributed by atoms with E-state index in [0.717, 1.165) is 5.56 Å². The van der Waals surface area contributed by atoms with Crippen LogP contribution in [0.5, 0.6) is 11.5 Å². The van der Waals surface area contributed by atoms with Crippen LogP contribution in [0.1, 0.15) is 23.7 Å². The maximum Gasteiger partial charge on any atom is 0.224 e. The second-order valence-electron chi connectivity index (χ2n) is 7.58. The highest BCUT2D eigenvalue weighted by atomic mass is 32.2. The molecular weight excluding hydrogens is 464 g/mol. The molecule has 35 heavy (non-hydrogen) atoms. The maximum atomic E-state index is 12.7. The molecule has 0 radical (unpaired) electrons. The number of anilines is 1. The van der Waals surface area contributed by atoms with Gasteiger partial charge in [0.1, 0.15) is 22.9 Å². The Balaban J connectivity index is 1.54. The van der Waals surface area contributed by atoms with E-state index in [0.29, 0.717) is 39.8 Å². The second-order valence-corrected chi connectivity index (χ2v) is 8.52. The number of hydrogen-bond acceptors (Lipinski definition) is 8. The van der Waals surface area contributed by atoms with Crippen molar-refractivity contribution in [2.75, 3.05) is 11.1 Å². The molecule has 0 fully saturated rings. The maximum absolute atomic E-state index is 12.7. The van der Waals surface area contributed by atoms with Gasteiger partial charge in [0.15, 0.2) is 5.78 Å². The first kappa shape index (κ1) is 23.9. The number of amides is 1. The van der Waals surface area contributed by atoms with E-state index in [4.69, 9.17) is 0 Å². The molecule has 3 aromatic carbocycles. The Morgan fingerprint density at radius 2 is 1.37 bits per heavy atom. The molecule has 0 aliphatic heterocycles. The zero-order chi connectivity index (χ0) is 24.8. The van der Waals surface area contributed by atoms with Crippen molar-refractivity contribution in [1.29, 1.82) is 0 Å². The number of nitrogens with one attached hydrogen (secondary N) is 1. The standard InChI is InChI=1S/C26H22N4O4S/c1-2-23(34)27-19-9-3-16(4-10-19)22(33)15-35-26-28-24(17-5-11-20(31)12-6-17)25(29-30-26)18-7-13-21(32)14-8-18/h3-14,31-32H,2,15H2,1H3,(H,27,34).